The molecule has 2 aliphatic heterocycles. The number of nitrogens with two attached hydrogens (primary N) is 1. The minimum Gasteiger partial charge on any atom is -0.482 e. The smallest absolute Gasteiger partial charge is 0.254 e. The van der Waals surface area contributed by atoms with Gasteiger partial charge in [-0.05, 0) is 62.6 Å². The standard InChI is InChI=1S/C29H32N6O2/c1-15-27(22-10-17-4-3-5-20-28(17)35(22)23(13-31-20)16-6-7-16)32-24-11-19(12-25(37-2)34(15)24)29(36)33-14-18-8-9-21(33)26(18)30/h3-5,10-12,16,18,21,23,26,31H,6-9,13-14,30H2,1-2H3/t18-,21-,23?,26-/m1/s1. The number of imidazole rings is 1. The van der Waals surface area contributed by atoms with E-state index in [-0.39, 0.29) is 18.0 Å². The van der Waals surface area contributed by atoms with Crippen LogP contribution in [0.3, 0.4) is 0 Å². The van der Waals surface area contributed by atoms with Crippen LogP contribution in [-0.2, 0) is 0 Å². The Morgan fingerprint density at radius 1 is 1.11 bits per heavy atom. The largest absolute Gasteiger partial charge is 0.482 e. The van der Waals surface area contributed by atoms with Crippen LogP contribution in [0.5, 0.6) is 5.88 Å². The summed E-state index contributed by atoms with van der Waals surface area (Å²) in [5.74, 6) is 1.77. The Hall–Kier alpha value is -3.52. The molecule has 4 aromatic rings. The maximum atomic E-state index is 13.6. The highest BCUT2D eigenvalue weighted by molar-refractivity contribution is 5.98. The van der Waals surface area contributed by atoms with Crippen LogP contribution in [0.15, 0.2) is 36.4 Å². The number of piperidine rings is 1. The molecular formula is C29H32N6O2. The lowest BCUT2D eigenvalue weighted by Gasteiger charge is -2.29. The third-order valence-corrected chi connectivity index (χ3v) is 9.39. The number of ether oxygens (including phenoxy) is 1. The molecule has 1 amide bonds. The molecule has 4 atom stereocenters. The summed E-state index contributed by atoms with van der Waals surface area (Å²) in [4.78, 5) is 20.7. The number of nitrogens with one attached hydrogen (secondary N) is 1. The van der Waals surface area contributed by atoms with Crippen molar-refractivity contribution in [1.82, 2.24) is 18.9 Å². The number of carbonyl (C=O) groups excluding carboxylic acids is 1. The first kappa shape index (κ1) is 21.6. The lowest BCUT2D eigenvalue weighted by molar-refractivity contribution is 0.0700. The van der Waals surface area contributed by atoms with Crippen LogP contribution < -0.4 is 15.8 Å². The Morgan fingerprint density at radius 2 is 1.95 bits per heavy atom. The van der Waals surface area contributed by atoms with Crippen molar-refractivity contribution < 1.29 is 9.53 Å². The van der Waals surface area contributed by atoms with Crippen LogP contribution in [0.1, 0.15) is 47.8 Å². The number of pyridine rings is 1. The van der Waals surface area contributed by atoms with Crippen LogP contribution in [0.4, 0.5) is 5.69 Å². The molecule has 1 unspecified atom stereocenters. The van der Waals surface area contributed by atoms with Gasteiger partial charge in [0.15, 0.2) is 5.88 Å². The highest BCUT2D eigenvalue weighted by Gasteiger charge is 2.47. The van der Waals surface area contributed by atoms with Gasteiger partial charge in [0.1, 0.15) is 11.3 Å². The number of fused-ring (bicyclic) bond motifs is 3. The number of benzene rings is 1. The number of anilines is 1. The van der Waals surface area contributed by atoms with Crippen molar-refractivity contribution >= 4 is 28.1 Å². The fourth-order valence-electron chi connectivity index (χ4n) is 7.36. The molecule has 5 heterocycles. The lowest BCUT2D eigenvalue weighted by Crippen LogP contribution is -2.41. The summed E-state index contributed by atoms with van der Waals surface area (Å²) in [6.45, 7) is 3.78. The molecule has 2 saturated carbocycles. The number of carbonyl (C=O) groups is 1. The molecular weight excluding hydrogens is 464 g/mol. The van der Waals surface area contributed by atoms with E-state index < -0.39 is 0 Å². The van der Waals surface area contributed by atoms with Gasteiger partial charge in [-0.1, -0.05) is 12.1 Å². The van der Waals surface area contributed by atoms with Gasteiger partial charge in [0, 0.05) is 42.2 Å². The monoisotopic (exact) mass is 496 g/mol. The summed E-state index contributed by atoms with van der Waals surface area (Å²) >= 11 is 0. The summed E-state index contributed by atoms with van der Waals surface area (Å²) in [6, 6.07) is 13.2. The Kier molecular flexibility index (Phi) is 4.37. The average Bonchev–Trinajstić information content (AvgIpc) is 3.37. The summed E-state index contributed by atoms with van der Waals surface area (Å²) in [5.41, 5.74) is 13.3. The SMILES string of the molecule is COc1cc(C(=O)N2C[C@H]3CC[C@@H]2[C@@H]3N)cc2nc(-c3cc4cccc5c4n3C(C3CC3)CN5)c(C)n12. The van der Waals surface area contributed by atoms with Gasteiger partial charge in [-0.2, -0.15) is 0 Å². The number of hydrogen-bond acceptors (Lipinski definition) is 5. The molecule has 4 aliphatic rings. The zero-order chi connectivity index (χ0) is 25.0. The number of aryl methyl sites for hydroxylation is 1. The highest BCUT2D eigenvalue weighted by Crippen LogP contribution is 2.47. The van der Waals surface area contributed by atoms with Crippen LogP contribution in [-0.4, -0.2) is 57.0 Å². The predicted molar refractivity (Wildman–Crippen MR) is 143 cm³/mol. The lowest BCUT2D eigenvalue weighted by atomic mass is 10.1. The first-order valence-electron chi connectivity index (χ1n) is 13.6. The fraction of sp³-hybridized carbons (Fsp3) is 0.448. The third kappa shape index (κ3) is 2.93. The van der Waals surface area contributed by atoms with Gasteiger partial charge in [0.2, 0.25) is 0 Å². The van der Waals surface area contributed by atoms with E-state index in [4.69, 9.17) is 15.5 Å². The van der Waals surface area contributed by atoms with Gasteiger partial charge < -0.3 is 25.3 Å². The van der Waals surface area contributed by atoms with Crippen molar-refractivity contribution in [2.45, 2.75) is 50.7 Å². The maximum Gasteiger partial charge on any atom is 0.254 e. The Balaban J connectivity index is 1.28. The number of amides is 1. The zero-order valence-corrected chi connectivity index (χ0v) is 21.3. The summed E-state index contributed by atoms with van der Waals surface area (Å²) in [5, 5.41) is 4.89. The normalized spacial score (nSPS) is 26.3. The summed E-state index contributed by atoms with van der Waals surface area (Å²) in [6.07, 6.45) is 4.67. The average molecular weight is 497 g/mol. The molecule has 190 valence electrons. The second kappa shape index (κ2) is 7.51. The topological polar surface area (TPSA) is 89.8 Å². The van der Waals surface area contributed by atoms with E-state index >= 15 is 0 Å². The van der Waals surface area contributed by atoms with Crippen molar-refractivity contribution in [3.63, 3.8) is 0 Å². The third-order valence-electron chi connectivity index (χ3n) is 9.39. The van der Waals surface area contributed by atoms with Crippen LogP contribution in [0.2, 0.25) is 0 Å². The van der Waals surface area contributed by atoms with Crippen molar-refractivity contribution in [3.05, 3.63) is 47.7 Å². The fourth-order valence-corrected chi connectivity index (χ4v) is 7.36. The number of hydrogen-bond donors (Lipinski definition) is 2. The van der Waals surface area contributed by atoms with Gasteiger partial charge in [0.25, 0.3) is 5.91 Å². The van der Waals surface area contributed by atoms with E-state index in [1.807, 2.05) is 21.4 Å². The Labute approximate surface area is 215 Å². The molecule has 3 aromatic heterocycles. The Bertz CT molecular complexity index is 1600. The number of para-hydroxylation sites is 1. The van der Waals surface area contributed by atoms with E-state index in [2.05, 4.69) is 41.1 Å². The predicted octanol–water partition coefficient (Wildman–Crippen LogP) is 4.21. The van der Waals surface area contributed by atoms with Gasteiger partial charge in [-0.25, -0.2) is 4.98 Å². The molecule has 8 nitrogen and oxygen atoms in total. The van der Waals surface area contributed by atoms with Gasteiger partial charge >= 0.3 is 0 Å². The molecule has 0 spiro atoms. The molecule has 2 aliphatic carbocycles. The number of aromatic nitrogens is 3. The van der Waals surface area contributed by atoms with E-state index in [9.17, 15) is 4.79 Å². The van der Waals surface area contributed by atoms with Crippen LogP contribution in [0, 0.1) is 18.8 Å². The number of methoxy groups -OCH3 is 1. The van der Waals surface area contributed by atoms with Crippen molar-refractivity contribution in [3.8, 4) is 17.3 Å². The van der Waals surface area contributed by atoms with Crippen molar-refractivity contribution in [2.75, 3.05) is 25.5 Å². The first-order chi connectivity index (χ1) is 18.0. The zero-order valence-electron chi connectivity index (χ0n) is 21.3. The molecule has 3 N–H and O–H groups in total. The van der Waals surface area contributed by atoms with Gasteiger partial charge in [-0.15, -0.1) is 0 Å². The highest BCUT2D eigenvalue weighted by atomic mass is 16.5. The summed E-state index contributed by atoms with van der Waals surface area (Å²) in [7, 11) is 1.66. The van der Waals surface area contributed by atoms with Gasteiger partial charge in [0.05, 0.1) is 35.7 Å². The molecule has 8 rings (SSSR count). The maximum absolute atomic E-state index is 13.6. The number of rotatable bonds is 4. The van der Waals surface area contributed by atoms with Crippen LogP contribution >= 0.6 is 0 Å². The molecule has 0 radical (unpaired) electrons. The molecule has 2 bridgehead atoms. The summed E-state index contributed by atoms with van der Waals surface area (Å²) < 4.78 is 10.4. The minimum absolute atomic E-state index is 0.0266. The first-order valence-corrected chi connectivity index (χ1v) is 13.6. The second-order valence-electron chi connectivity index (χ2n) is 11.4. The molecule has 1 saturated heterocycles. The van der Waals surface area contributed by atoms with E-state index in [0.29, 0.717) is 29.3 Å². The van der Waals surface area contributed by atoms with E-state index in [1.54, 1.807) is 7.11 Å². The van der Waals surface area contributed by atoms with Gasteiger partial charge in [-0.3, -0.25) is 9.20 Å². The van der Waals surface area contributed by atoms with E-state index in [0.717, 1.165) is 48.7 Å². The molecule has 37 heavy (non-hydrogen) atoms. The minimum atomic E-state index is 0.0266. The molecule has 3 fully saturated rings. The van der Waals surface area contributed by atoms with E-state index in [1.165, 1.54) is 29.4 Å². The van der Waals surface area contributed by atoms with Crippen molar-refractivity contribution in [1.29, 1.82) is 0 Å². The number of likely N-dealkylation sites (tertiary alicyclic amines) is 1. The second-order valence-corrected chi connectivity index (χ2v) is 11.4. The molecule has 8 heteroatoms. The van der Waals surface area contributed by atoms with Crippen LogP contribution in [0.25, 0.3) is 27.9 Å². The van der Waals surface area contributed by atoms with Crippen molar-refractivity contribution in [2.24, 2.45) is 17.6 Å². The quantitative estimate of drug-likeness (QED) is 0.442. The number of nitrogens with zero attached hydrogens (tertiary/aromatic N) is 4. The molecule has 1 aromatic carbocycles. The Morgan fingerprint density at radius 3 is 2.68 bits per heavy atom.